The largest absolute Gasteiger partial charge is 0.288 e. The Hall–Kier alpha value is -2.15. The summed E-state index contributed by atoms with van der Waals surface area (Å²) in [6.45, 7) is 0. The van der Waals surface area contributed by atoms with Crippen LogP contribution in [0.1, 0.15) is 5.56 Å². The van der Waals surface area contributed by atoms with Gasteiger partial charge in [-0.1, -0.05) is 12.1 Å². The molecule has 0 saturated heterocycles. The molecule has 1 heterocycles. The lowest BCUT2D eigenvalue weighted by Gasteiger charge is -2.00. The fourth-order valence-corrected chi connectivity index (χ4v) is 1.21. The van der Waals surface area contributed by atoms with Crippen molar-refractivity contribution in [2.75, 3.05) is 0 Å². The highest BCUT2D eigenvalue weighted by Crippen LogP contribution is 2.08. The number of benzene rings is 1. The topological polar surface area (TPSA) is 54.5 Å². The summed E-state index contributed by atoms with van der Waals surface area (Å²) in [5.41, 5.74) is 2.01. The number of nitrogens with zero attached hydrogens (tertiary/aromatic N) is 4. The predicted octanol–water partition coefficient (Wildman–Crippen LogP) is 1.33. The summed E-state index contributed by atoms with van der Waals surface area (Å²) in [5, 5.41) is 15.9. The Labute approximate surface area is 81.4 Å². The molecule has 0 radical (unpaired) electrons. The first kappa shape index (κ1) is 8.45. The molecule has 0 aliphatic rings. The highest BCUT2D eigenvalue weighted by Gasteiger charge is 1.96. The van der Waals surface area contributed by atoms with E-state index in [0.29, 0.717) is 6.42 Å². The fraction of sp³-hybridized carbons (Fsp3) is 0.100. The first-order chi connectivity index (χ1) is 6.90. The van der Waals surface area contributed by atoms with Gasteiger partial charge < -0.3 is 0 Å². The lowest BCUT2D eigenvalue weighted by Crippen LogP contribution is -1.90. The average molecular weight is 184 g/mol. The van der Waals surface area contributed by atoms with E-state index >= 15 is 0 Å². The maximum absolute atomic E-state index is 8.50. The second-order valence-corrected chi connectivity index (χ2v) is 2.87. The van der Waals surface area contributed by atoms with Crippen LogP contribution in [0.4, 0.5) is 0 Å². The van der Waals surface area contributed by atoms with E-state index in [1.807, 2.05) is 28.8 Å². The Kier molecular flexibility index (Phi) is 2.24. The van der Waals surface area contributed by atoms with Crippen LogP contribution in [0, 0.1) is 11.3 Å². The summed E-state index contributed by atoms with van der Waals surface area (Å²) in [4.78, 5) is 0. The summed E-state index contributed by atoms with van der Waals surface area (Å²) in [7, 11) is 0. The molecule has 1 aromatic heterocycles. The van der Waals surface area contributed by atoms with Gasteiger partial charge in [-0.15, -0.1) is 10.2 Å². The molecule has 68 valence electrons. The standard InChI is InChI=1S/C10H8N4/c11-6-5-9-1-3-10(4-2-9)14-7-12-13-8-14/h1-4,7-8H,5H2. The van der Waals surface area contributed by atoms with Crippen molar-refractivity contribution in [1.82, 2.24) is 14.8 Å². The molecule has 0 amide bonds. The van der Waals surface area contributed by atoms with Crippen molar-refractivity contribution in [1.29, 1.82) is 5.26 Å². The quantitative estimate of drug-likeness (QED) is 0.707. The van der Waals surface area contributed by atoms with E-state index in [1.54, 1.807) is 12.7 Å². The summed E-state index contributed by atoms with van der Waals surface area (Å²) in [6.07, 6.45) is 3.72. The predicted molar refractivity (Wildman–Crippen MR) is 50.7 cm³/mol. The van der Waals surface area contributed by atoms with Crippen LogP contribution in [-0.4, -0.2) is 14.8 Å². The van der Waals surface area contributed by atoms with E-state index in [-0.39, 0.29) is 0 Å². The maximum atomic E-state index is 8.50. The SMILES string of the molecule is N#CCc1ccc(-n2cnnc2)cc1. The maximum Gasteiger partial charge on any atom is 0.123 e. The monoisotopic (exact) mass is 184 g/mol. The minimum Gasteiger partial charge on any atom is -0.288 e. The van der Waals surface area contributed by atoms with E-state index in [9.17, 15) is 0 Å². The molecule has 0 atom stereocenters. The zero-order valence-corrected chi connectivity index (χ0v) is 7.46. The molecule has 4 heteroatoms. The zero-order valence-electron chi connectivity index (χ0n) is 7.46. The third kappa shape index (κ3) is 1.62. The van der Waals surface area contributed by atoms with Gasteiger partial charge in [0.05, 0.1) is 12.5 Å². The number of aromatic nitrogens is 3. The molecule has 0 saturated carbocycles. The van der Waals surface area contributed by atoms with Crippen LogP contribution in [0.3, 0.4) is 0 Å². The van der Waals surface area contributed by atoms with Gasteiger partial charge in [-0.2, -0.15) is 5.26 Å². The van der Waals surface area contributed by atoms with Crippen molar-refractivity contribution in [3.05, 3.63) is 42.5 Å². The second-order valence-electron chi connectivity index (χ2n) is 2.87. The van der Waals surface area contributed by atoms with Crippen molar-refractivity contribution in [2.24, 2.45) is 0 Å². The summed E-state index contributed by atoms with van der Waals surface area (Å²) in [6, 6.07) is 9.85. The van der Waals surface area contributed by atoms with Gasteiger partial charge in [-0.25, -0.2) is 0 Å². The summed E-state index contributed by atoms with van der Waals surface area (Å²) < 4.78 is 1.82. The third-order valence-corrected chi connectivity index (χ3v) is 1.94. The molecular formula is C10H8N4. The molecule has 0 fully saturated rings. The van der Waals surface area contributed by atoms with Crippen molar-refractivity contribution < 1.29 is 0 Å². The van der Waals surface area contributed by atoms with Gasteiger partial charge in [0.25, 0.3) is 0 Å². The smallest absolute Gasteiger partial charge is 0.123 e. The zero-order chi connectivity index (χ0) is 9.80. The molecule has 0 spiro atoms. The van der Waals surface area contributed by atoms with E-state index in [2.05, 4.69) is 16.3 Å². The summed E-state index contributed by atoms with van der Waals surface area (Å²) >= 11 is 0. The molecule has 2 aromatic rings. The van der Waals surface area contributed by atoms with Gasteiger partial charge in [0.2, 0.25) is 0 Å². The fourth-order valence-electron chi connectivity index (χ4n) is 1.21. The summed E-state index contributed by atoms with van der Waals surface area (Å²) in [5.74, 6) is 0. The Balaban J connectivity index is 2.27. The highest BCUT2D eigenvalue weighted by atomic mass is 15.2. The number of rotatable bonds is 2. The number of hydrogen-bond acceptors (Lipinski definition) is 3. The minimum atomic E-state index is 0.447. The van der Waals surface area contributed by atoms with Crippen molar-refractivity contribution in [3.8, 4) is 11.8 Å². The van der Waals surface area contributed by atoms with Gasteiger partial charge in [0, 0.05) is 5.69 Å². The van der Waals surface area contributed by atoms with Crippen LogP contribution in [0.25, 0.3) is 5.69 Å². The van der Waals surface area contributed by atoms with Gasteiger partial charge >= 0.3 is 0 Å². The Morgan fingerprint density at radius 3 is 2.36 bits per heavy atom. The van der Waals surface area contributed by atoms with Crippen LogP contribution < -0.4 is 0 Å². The van der Waals surface area contributed by atoms with Gasteiger partial charge in [-0.05, 0) is 17.7 Å². The Morgan fingerprint density at radius 2 is 1.79 bits per heavy atom. The lowest BCUT2D eigenvalue weighted by atomic mass is 10.1. The van der Waals surface area contributed by atoms with Gasteiger partial charge in [-0.3, -0.25) is 4.57 Å². The molecule has 0 unspecified atom stereocenters. The van der Waals surface area contributed by atoms with Crippen molar-refractivity contribution in [2.45, 2.75) is 6.42 Å². The van der Waals surface area contributed by atoms with E-state index < -0.39 is 0 Å². The van der Waals surface area contributed by atoms with Crippen LogP contribution in [0.2, 0.25) is 0 Å². The number of nitriles is 1. The molecule has 2 rings (SSSR count). The molecule has 4 nitrogen and oxygen atoms in total. The molecule has 0 aliphatic carbocycles. The van der Waals surface area contributed by atoms with E-state index in [0.717, 1.165) is 11.3 Å². The van der Waals surface area contributed by atoms with E-state index in [1.165, 1.54) is 0 Å². The first-order valence-electron chi connectivity index (χ1n) is 4.21. The van der Waals surface area contributed by atoms with Crippen molar-refractivity contribution >= 4 is 0 Å². The normalized spacial score (nSPS) is 9.64. The lowest BCUT2D eigenvalue weighted by molar-refractivity contribution is 1.05. The third-order valence-electron chi connectivity index (χ3n) is 1.94. The molecular weight excluding hydrogens is 176 g/mol. The Bertz CT molecular complexity index is 436. The van der Waals surface area contributed by atoms with Crippen molar-refractivity contribution in [3.63, 3.8) is 0 Å². The average Bonchev–Trinajstić information content (AvgIpc) is 2.72. The van der Waals surface area contributed by atoms with Crippen LogP contribution >= 0.6 is 0 Å². The number of hydrogen-bond donors (Lipinski definition) is 0. The van der Waals surface area contributed by atoms with E-state index in [4.69, 9.17) is 5.26 Å². The van der Waals surface area contributed by atoms with Crippen LogP contribution in [-0.2, 0) is 6.42 Å². The van der Waals surface area contributed by atoms with Gasteiger partial charge in [0.15, 0.2) is 0 Å². The minimum absolute atomic E-state index is 0.447. The highest BCUT2D eigenvalue weighted by molar-refractivity contribution is 5.34. The molecule has 0 N–H and O–H groups in total. The molecule has 14 heavy (non-hydrogen) atoms. The van der Waals surface area contributed by atoms with Crippen LogP contribution in [0.5, 0.6) is 0 Å². The van der Waals surface area contributed by atoms with Gasteiger partial charge in [0.1, 0.15) is 12.7 Å². The Morgan fingerprint density at radius 1 is 1.14 bits per heavy atom. The van der Waals surface area contributed by atoms with Crippen LogP contribution in [0.15, 0.2) is 36.9 Å². The molecule has 0 bridgehead atoms. The molecule has 0 aliphatic heterocycles. The second kappa shape index (κ2) is 3.71. The first-order valence-corrected chi connectivity index (χ1v) is 4.21. The molecule has 1 aromatic carbocycles.